The van der Waals surface area contributed by atoms with Gasteiger partial charge in [-0.25, -0.2) is 4.79 Å². The Kier molecular flexibility index (Phi) is 9.15. The van der Waals surface area contributed by atoms with Crippen LogP contribution in [-0.4, -0.2) is 34.8 Å². The number of allylic oxidation sites excluding steroid dienone is 1. The van der Waals surface area contributed by atoms with Crippen LogP contribution in [0.15, 0.2) is 12.2 Å². The predicted molar refractivity (Wildman–Crippen MR) is 85.5 cm³/mol. The summed E-state index contributed by atoms with van der Waals surface area (Å²) >= 11 is 0. The van der Waals surface area contributed by atoms with Crippen molar-refractivity contribution in [3.63, 3.8) is 0 Å². The van der Waals surface area contributed by atoms with Gasteiger partial charge < -0.3 is 15.4 Å². The molecule has 23 heavy (non-hydrogen) atoms. The van der Waals surface area contributed by atoms with Crippen molar-refractivity contribution in [1.82, 2.24) is 10.6 Å². The van der Waals surface area contributed by atoms with E-state index in [4.69, 9.17) is 14.3 Å². The van der Waals surface area contributed by atoms with Crippen molar-refractivity contribution >= 4 is 18.2 Å². The van der Waals surface area contributed by atoms with Crippen molar-refractivity contribution < 1.29 is 23.9 Å². The smallest absolute Gasteiger partial charge is 0.408 e. The van der Waals surface area contributed by atoms with Gasteiger partial charge >= 0.3 is 12.2 Å². The van der Waals surface area contributed by atoms with Crippen molar-refractivity contribution in [2.75, 3.05) is 0 Å². The Morgan fingerprint density at radius 2 is 1.30 bits per heavy atom. The Balaban J connectivity index is 0. The van der Waals surface area contributed by atoms with Crippen molar-refractivity contribution in [2.45, 2.75) is 72.1 Å². The van der Waals surface area contributed by atoms with Gasteiger partial charge in [-0.05, 0) is 61.5 Å². The number of rotatable bonds is 4. The molecule has 0 bridgehead atoms. The first kappa shape index (κ1) is 23.1. The Labute approximate surface area is 137 Å². The summed E-state index contributed by atoms with van der Waals surface area (Å²) in [6.45, 7) is 14.6. The lowest BCUT2D eigenvalue weighted by molar-refractivity contribution is -0.191. The van der Waals surface area contributed by atoms with Gasteiger partial charge in [0.05, 0.1) is 11.1 Å². The number of hydrogen-bond acceptors (Lipinski definition) is 5. The lowest BCUT2D eigenvalue weighted by Gasteiger charge is -2.42. The van der Waals surface area contributed by atoms with Crippen LogP contribution in [0.5, 0.6) is 0 Å². The quantitative estimate of drug-likeness (QED) is 0.770. The van der Waals surface area contributed by atoms with Gasteiger partial charge in [0.25, 0.3) is 0 Å². The second-order valence-corrected chi connectivity index (χ2v) is 6.95. The van der Waals surface area contributed by atoms with Crippen LogP contribution in [0.4, 0.5) is 4.79 Å². The molecule has 0 aliphatic rings. The second-order valence-electron chi connectivity index (χ2n) is 6.95. The molecule has 0 aromatic rings. The third-order valence-electron chi connectivity index (χ3n) is 3.13. The van der Waals surface area contributed by atoms with E-state index in [0.29, 0.717) is 0 Å². The summed E-state index contributed by atoms with van der Waals surface area (Å²) in [4.78, 5) is 39.8. The van der Waals surface area contributed by atoms with Crippen LogP contribution >= 0.6 is 0 Å². The summed E-state index contributed by atoms with van der Waals surface area (Å²) in [5.41, 5.74) is -1.87. The highest BCUT2D eigenvalue weighted by atomic mass is 16.6. The van der Waals surface area contributed by atoms with Gasteiger partial charge in [-0.3, -0.25) is 4.79 Å². The van der Waals surface area contributed by atoms with Crippen molar-refractivity contribution in [2.24, 2.45) is 0 Å². The molecule has 0 saturated heterocycles. The average Bonchev–Trinajstić information content (AvgIpc) is 2.25. The molecule has 0 radical (unpaired) electrons. The molecule has 7 heteroatoms. The maximum absolute atomic E-state index is 11.9. The SMILES string of the molecule is C/C=C/C(=O)NC(C)(C)C(C)(C)NC(=O)OC(C)(C)C.O=C=O. The van der Waals surface area contributed by atoms with Gasteiger partial charge in [0.1, 0.15) is 5.60 Å². The fraction of sp³-hybridized carbons (Fsp3) is 0.688. The number of alkyl carbamates (subject to hydrolysis) is 1. The van der Waals surface area contributed by atoms with Gasteiger partial charge in [0.15, 0.2) is 0 Å². The molecule has 132 valence electrons. The zero-order chi connectivity index (χ0) is 18.9. The van der Waals surface area contributed by atoms with E-state index in [-0.39, 0.29) is 12.1 Å². The molecule has 0 rings (SSSR count). The third-order valence-corrected chi connectivity index (χ3v) is 3.13. The molecule has 2 N–H and O–H groups in total. The van der Waals surface area contributed by atoms with Gasteiger partial charge in [-0.1, -0.05) is 6.08 Å². The van der Waals surface area contributed by atoms with E-state index >= 15 is 0 Å². The van der Waals surface area contributed by atoms with Crippen LogP contribution in [0.2, 0.25) is 0 Å². The molecule has 0 fully saturated rings. The molecule has 0 aliphatic heterocycles. The summed E-state index contributed by atoms with van der Waals surface area (Å²) in [5.74, 6) is -0.198. The second kappa shape index (κ2) is 9.10. The minimum absolute atomic E-state index is 0.198. The molecule has 0 unspecified atom stereocenters. The van der Waals surface area contributed by atoms with Crippen molar-refractivity contribution in [1.29, 1.82) is 0 Å². The van der Waals surface area contributed by atoms with Crippen LogP contribution in [0.3, 0.4) is 0 Å². The number of ether oxygens (including phenoxy) is 1. The van der Waals surface area contributed by atoms with Gasteiger partial charge in [-0.2, -0.15) is 9.59 Å². The van der Waals surface area contributed by atoms with Gasteiger partial charge in [0, 0.05) is 0 Å². The monoisotopic (exact) mass is 328 g/mol. The minimum atomic E-state index is -0.674. The average molecular weight is 328 g/mol. The molecule has 0 aromatic carbocycles. The fourth-order valence-corrected chi connectivity index (χ4v) is 1.37. The Morgan fingerprint density at radius 3 is 1.65 bits per heavy atom. The number of nitrogens with one attached hydrogen (secondary N) is 2. The first-order valence-corrected chi connectivity index (χ1v) is 7.17. The lowest BCUT2D eigenvalue weighted by Crippen LogP contribution is -2.65. The topological polar surface area (TPSA) is 102 Å². The Morgan fingerprint density at radius 1 is 0.913 bits per heavy atom. The Hall–Kier alpha value is -2.14. The zero-order valence-corrected chi connectivity index (χ0v) is 15.2. The van der Waals surface area contributed by atoms with Crippen LogP contribution in [0.1, 0.15) is 55.4 Å². The highest BCUT2D eigenvalue weighted by molar-refractivity contribution is 5.88. The number of carbonyl (C=O) groups is 2. The van der Waals surface area contributed by atoms with Crippen molar-refractivity contribution in [3.05, 3.63) is 12.2 Å². The maximum Gasteiger partial charge on any atom is 0.408 e. The molecule has 0 atom stereocenters. The molecule has 0 spiro atoms. The minimum Gasteiger partial charge on any atom is -0.444 e. The van der Waals surface area contributed by atoms with Crippen LogP contribution in [0.25, 0.3) is 0 Å². The molecular weight excluding hydrogens is 300 g/mol. The van der Waals surface area contributed by atoms with E-state index in [1.807, 2.05) is 27.7 Å². The predicted octanol–water partition coefficient (Wildman–Crippen LogP) is 2.18. The fourth-order valence-electron chi connectivity index (χ4n) is 1.37. The lowest BCUT2D eigenvalue weighted by atomic mass is 9.82. The summed E-state index contributed by atoms with van der Waals surface area (Å²) in [6, 6.07) is 0. The summed E-state index contributed by atoms with van der Waals surface area (Å²) in [5, 5.41) is 5.67. The maximum atomic E-state index is 11.9. The van der Waals surface area contributed by atoms with Crippen LogP contribution in [0, 0.1) is 0 Å². The van der Waals surface area contributed by atoms with Gasteiger partial charge in [-0.15, -0.1) is 0 Å². The molecule has 0 aromatic heterocycles. The summed E-state index contributed by atoms with van der Waals surface area (Å²) < 4.78 is 5.24. The number of carbonyl (C=O) groups excluding carboxylic acids is 4. The summed E-state index contributed by atoms with van der Waals surface area (Å²) in [7, 11) is 0. The van der Waals surface area contributed by atoms with E-state index in [1.54, 1.807) is 33.8 Å². The first-order chi connectivity index (χ1) is 10.2. The highest BCUT2D eigenvalue weighted by Gasteiger charge is 2.40. The number of amides is 2. The number of hydrogen-bond donors (Lipinski definition) is 2. The molecule has 0 heterocycles. The molecule has 0 saturated carbocycles. The van der Waals surface area contributed by atoms with E-state index < -0.39 is 22.8 Å². The third kappa shape index (κ3) is 10.3. The van der Waals surface area contributed by atoms with Crippen LogP contribution < -0.4 is 10.6 Å². The van der Waals surface area contributed by atoms with E-state index in [0.717, 1.165) is 0 Å². The Bertz CT molecular complexity index is 467. The van der Waals surface area contributed by atoms with E-state index in [2.05, 4.69) is 10.6 Å². The first-order valence-electron chi connectivity index (χ1n) is 7.17. The zero-order valence-electron chi connectivity index (χ0n) is 15.2. The van der Waals surface area contributed by atoms with E-state index in [9.17, 15) is 9.59 Å². The molecule has 7 nitrogen and oxygen atoms in total. The van der Waals surface area contributed by atoms with Gasteiger partial charge in [0.2, 0.25) is 5.91 Å². The largest absolute Gasteiger partial charge is 0.444 e. The normalized spacial score (nSPS) is 11.8. The molecule has 2 amide bonds. The summed E-state index contributed by atoms with van der Waals surface area (Å²) in [6.07, 6.45) is 2.86. The van der Waals surface area contributed by atoms with Crippen molar-refractivity contribution in [3.8, 4) is 0 Å². The highest BCUT2D eigenvalue weighted by Crippen LogP contribution is 2.22. The van der Waals surface area contributed by atoms with E-state index in [1.165, 1.54) is 6.08 Å². The standard InChI is InChI=1S/C15H28N2O3.CO2/c1-9-10-11(18)16-14(5,6)15(7,8)17-12(19)20-13(2,3)4;2-1-3/h9-10H,1-8H3,(H,16,18)(H,17,19);/b10-9+;. The molecule has 0 aliphatic carbocycles. The van der Waals surface area contributed by atoms with Crippen LogP contribution in [-0.2, 0) is 19.1 Å². The molecular formula is C16H28N2O5.